The maximum absolute atomic E-state index is 13.0. The van der Waals surface area contributed by atoms with Gasteiger partial charge in [0, 0.05) is 162 Å². The van der Waals surface area contributed by atoms with E-state index in [1.165, 1.54) is 95.8 Å². The lowest BCUT2D eigenvalue weighted by Gasteiger charge is -2.12. The summed E-state index contributed by atoms with van der Waals surface area (Å²) in [4.78, 5) is 121. The first-order valence-electron chi connectivity index (χ1n) is 45.3. The number of carbonyl (C=O) groups is 8. The SMILES string of the molecule is COc1cc(C(=O)CNC(=O)c2ccc(OCCCO)c(OC)c2)nc(-c2csc3c(C)cccc23)c1.COc1cc(C(=O)CNC(=O)c2ccc(OCCN)c(OC)c2)nc(-c2csc3c(C)cccc23)c1.COc1cc(C(=O)CNC(=O)c2ccc(OCCO)c(OC)c2)nc(-c2csc3c(C)cccc23)c1.COc1cc(C(=O)NCC(=O)c2cc(C)cc(-c3csc4c(C)cccc34)n2)ccc1OCCO. The van der Waals surface area contributed by atoms with Crippen LogP contribution in [0, 0.1) is 34.6 Å². The number of rotatable bonds is 40. The van der Waals surface area contributed by atoms with Gasteiger partial charge in [-0.05, 0) is 147 Å². The van der Waals surface area contributed by atoms with Crippen LogP contribution in [0.1, 0.15) is 118 Å². The van der Waals surface area contributed by atoms with E-state index >= 15 is 0 Å². The Hall–Kier alpha value is -15.6. The highest BCUT2D eigenvalue weighted by Crippen LogP contribution is 2.42. The van der Waals surface area contributed by atoms with E-state index in [0.717, 1.165) is 55.1 Å². The number of thiophene rings is 4. The van der Waals surface area contributed by atoms with Crippen molar-refractivity contribution in [2.24, 2.45) is 5.73 Å². The topological polar surface area (TPSA) is 424 Å². The molecule has 744 valence electrons. The van der Waals surface area contributed by atoms with Crippen LogP contribution in [0.15, 0.2) is 216 Å². The van der Waals surface area contributed by atoms with Crippen molar-refractivity contribution in [3.8, 4) is 108 Å². The van der Waals surface area contributed by atoms with Crippen molar-refractivity contribution in [3.63, 3.8) is 0 Å². The van der Waals surface area contributed by atoms with Gasteiger partial charge in [-0.1, -0.05) is 72.8 Å². The van der Waals surface area contributed by atoms with Crippen molar-refractivity contribution in [3.05, 3.63) is 288 Å². The number of carbonyl (C=O) groups excluding carboxylic acids is 8. The number of Topliss-reactive ketones (excluding diaryl/α,β-unsaturated/α-hetero) is 4. The molecule has 0 atom stereocenters. The fraction of sp³-hybridized carbons (Fsp3) is 0.229. The fourth-order valence-corrected chi connectivity index (χ4v) is 19.3. The lowest BCUT2D eigenvalue weighted by atomic mass is 10.0. The summed E-state index contributed by atoms with van der Waals surface area (Å²) in [6.45, 7) is 10.3. The van der Waals surface area contributed by atoms with E-state index in [2.05, 4.69) is 105 Å². The number of fused-ring (bicyclic) bond motifs is 4. The van der Waals surface area contributed by atoms with Gasteiger partial charge in [-0.25, -0.2) is 19.9 Å². The van der Waals surface area contributed by atoms with Crippen LogP contribution in [0.25, 0.3) is 85.4 Å². The van der Waals surface area contributed by atoms with Gasteiger partial charge in [0.25, 0.3) is 23.6 Å². The maximum Gasteiger partial charge on any atom is 0.251 e. The van der Waals surface area contributed by atoms with E-state index in [4.69, 9.17) is 73.2 Å². The third-order valence-electron chi connectivity index (χ3n) is 22.5. The number of ether oxygens (including phenoxy) is 11. The quantitative estimate of drug-likeness (QED) is 0.0131. The Morgan fingerprint density at radius 1 is 0.299 bits per heavy atom. The molecule has 35 heteroatoms. The highest BCUT2D eigenvalue weighted by atomic mass is 32.1. The number of hydrogen-bond donors (Lipinski definition) is 8. The van der Waals surface area contributed by atoms with Crippen LogP contribution in [-0.2, 0) is 0 Å². The minimum Gasteiger partial charge on any atom is -0.497 e. The Balaban J connectivity index is 0.000000161. The largest absolute Gasteiger partial charge is 0.497 e. The molecule has 0 saturated carbocycles. The molecule has 0 fully saturated rings. The molecular formula is C109H107N9O22S4. The van der Waals surface area contributed by atoms with Crippen LogP contribution >= 0.6 is 45.3 Å². The van der Waals surface area contributed by atoms with Crippen LogP contribution in [0.4, 0.5) is 0 Å². The van der Waals surface area contributed by atoms with Crippen LogP contribution < -0.4 is 79.1 Å². The summed E-state index contributed by atoms with van der Waals surface area (Å²) in [7, 11) is 10.5. The third-order valence-corrected chi connectivity index (χ3v) is 27.0. The second kappa shape index (κ2) is 50.7. The number of methoxy groups -OCH3 is 7. The minimum atomic E-state index is -0.446. The number of pyridine rings is 4. The Morgan fingerprint density at radius 3 is 0.819 bits per heavy atom. The van der Waals surface area contributed by atoms with E-state index < -0.39 is 23.6 Å². The number of hydrogen-bond acceptors (Lipinski definition) is 31. The number of ketones is 4. The number of aromatic nitrogens is 4. The first-order valence-corrected chi connectivity index (χ1v) is 48.8. The molecule has 0 unspecified atom stereocenters. The lowest BCUT2D eigenvalue weighted by molar-refractivity contribution is 0.0901. The zero-order valence-corrected chi connectivity index (χ0v) is 84.3. The normalized spacial score (nSPS) is 10.8. The van der Waals surface area contributed by atoms with E-state index in [1.807, 2.05) is 71.6 Å². The molecule has 0 spiro atoms. The predicted molar refractivity (Wildman–Crippen MR) is 559 cm³/mol. The first-order chi connectivity index (χ1) is 69.7. The zero-order valence-electron chi connectivity index (χ0n) is 81.1. The predicted octanol–water partition coefficient (Wildman–Crippen LogP) is 17.7. The third kappa shape index (κ3) is 26.2. The highest BCUT2D eigenvalue weighted by molar-refractivity contribution is 7.19. The number of aliphatic hydroxyl groups is 3. The van der Waals surface area contributed by atoms with Gasteiger partial charge in [-0.3, -0.25) is 38.4 Å². The van der Waals surface area contributed by atoms with E-state index in [0.29, 0.717) is 134 Å². The second-order valence-electron chi connectivity index (χ2n) is 32.2. The molecule has 8 aromatic carbocycles. The summed E-state index contributed by atoms with van der Waals surface area (Å²) < 4.78 is 64.0. The summed E-state index contributed by atoms with van der Waals surface area (Å²) in [5, 5.41) is 49.8. The van der Waals surface area contributed by atoms with E-state index in [1.54, 1.807) is 156 Å². The van der Waals surface area contributed by atoms with Crippen molar-refractivity contribution >= 4 is 132 Å². The number of amides is 4. The number of nitrogens with zero attached hydrogens (tertiary/aromatic N) is 4. The van der Waals surface area contributed by atoms with Crippen molar-refractivity contribution in [1.29, 1.82) is 0 Å². The summed E-state index contributed by atoms with van der Waals surface area (Å²) >= 11 is 6.56. The highest BCUT2D eigenvalue weighted by Gasteiger charge is 2.26. The van der Waals surface area contributed by atoms with E-state index in [9.17, 15) is 38.4 Å². The molecule has 8 aromatic heterocycles. The Labute approximate surface area is 846 Å². The zero-order chi connectivity index (χ0) is 103. The van der Waals surface area contributed by atoms with Crippen LogP contribution in [0.5, 0.6) is 63.2 Å². The molecule has 0 aliphatic rings. The summed E-state index contributed by atoms with van der Waals surface area (Å²) in [6.07, 6.45) is 0.482. The number of nitrogens with one attached hydrogen (secondary N) is 4. The smallest absolute Gasteiger partial charge is 0.251 e. The number of aliphatic hydroxyl groups excluding tert-OH is 3. The Morgan fingerprint density at radius 2 is 0.562 bits per heavy atom. The number of nitrogens with two attached hydrogens (primary N) is 1. The monoisotopic (exact) mass is 2020 g/mol. The van der Waals surface area contributed by atoms with Crippen molar-refractivity contribution < 1.29 is 106 Å². The maximum atomic E-state index is 13.0. The van der Waals surface area contributed by atoms with Gasteiger partial charge in [-0.2, -0.15) is 0 Å². The summed E-state index contributed by atoms with van der Waals surface area (Å²) in [5.74, 6) is 1.75. The van der Waals surface area contributed by atoms with E-state index in [-0.39, 0.29) is 99.4 Å². The lowest BCUT2D eigenvalue weighted by Crippen LogP contribution is -2.30. The van der Waals surface area contributed by atoms with Gasteiger partial charge in [0.1, 0.15) is 59.8 Å². The molecule has 0 aliphatic heterocycles. The molecule has 16 rings (SSSR count). The Bertz CT molecular complexity index is 7160. The molecule has 9 N–H and O–H groups in total. The molecule has 16 aromatic rings. The van der Waals surface area contributed by atoms with Gasteiger partial charge < -0.3 is 94.4 Å². The molecule has 0 radical (unpaired) electrons. The summed E-state index contributed by atoms with van der Waals surface area (Å²) in [6, 6.07) is 57.1. The van der Waals surface area contributed by atoms with Gasteiger partial charge in [0.2, 0.25) is 0 Å². The van der Waals surface area contributed by atoms with Gasteiger partial charge in [-0.15, -0.1) is 45.3 Å². The fourth-order valence-electron chi connectivity index (χ4n) is 15.1. The molecule has 31 nitrogen and oxygen atoms in total. The van der Waals surface area contributed by atoms with Crippen LogP contribution in [-0.4, -0.2) is 211 Å². The molecule has 0 saturated heterocycles. The van der Waals surface area contributed by atoms with Crippen molar-refractivity contribution in [2.45, 2.75) is 41.0 Å². The molecule has 8 heterocycles. The Kier molecular flexibility index (Phi) is 37.2. The van der Waals surface area contributed by atoms with Gasteiger partial charge >= 0.3 is 0 Å². The van der Waals surface area contributed by atoms with Gasteiger partial charge in [0.15, 0.2) is 69.1 Å². The molecular weight excluding hydrogens is 1920 g/mol. The van der Waals surface area contributed by atoms with Crippen molar-refractivity contribution in [2.75, 3.05) is 129 Å². The molecule has 144 heavy (non-hydrogen) atoms. The second-order valence-corrected chi connectivity index (χ2v) is 35.8. The number of aryl methyl sites for hydroxylation is 5. The summed E-state index contributed by atoms with van der Waals surface area (Å²) in [5.41, 5.74) is 19.7. The average molecular weight is 2020 g/mol. The van der Waals surface area contributed by atoms with Gasteiger partial charge in [0.05, 0.1) is 119 Å². The standard InChI is InChI=1S/C28H28N2O6S.C27H27N3O5S.C27H26N2O6S.C27H26N2O5S/c1-17-6-4-7-20-21(16-37-27(17)20)22-13-19(34-2)14-23(30-22)24(32)15-29-28(33)18-8-9-25(26(12-18)35-3)36-11-5-10-31;1-16-5-4-6-19-20(15-36-26(16)19)21-12-18(33-2)13-22(30-21)23(31)14-29-27(32)17-7-8-24(35-10-9-28)25(11-17)34-3;1-16-5-4-6-19-20(15-36-26(16)19)21-12-18(33-2)13-22(29-21)23(31)14-28-27(32)17-7-8-24(35-10-9-30)25(11-17)34-3;1-16-11-21(20-15-35-26-17(2)5-4-6-19(20)26)29-22(12-16)23(31)14-28-27(32)18-7-8-24(34-10-9-30)25(13-18)33-3/h4,6-9,12-14,16,31H,5,10-11,15H2,1-3H3,(H,29,33);4-8,11-13,15H,9-10,14,28H2,1-3H3,(H,29,32);4-8,11-13,15,30H,9-10,14H2,1-3H3,(H,28,32);4-8,11-13,15,30H,9-10,14H2,1-3H3,(H,28,32). The molecule has 0 bridgehead atoms. The molecule has 4 amide bonds. The first kappa shape index (κ1) is 106. The minimum absolute atomic E-state index is 0.0179. The van der Waals surface area contributed by atoms with Crippen LogP contribution in [0.2, 0.25) is 0 Å². The molecule has 0 aliphatic carbocycles. The van der Waals surface area contributed by atoms with Crippen molar-refractivity contribution in [1.82, 2.24) is 41.2 Å². The average Bonchev–Trinajstić information content (AvgIpc) is 1.65. The number of benzene rings is 8. The van der Waals surface area contributed by atoms with Crippen LogP contribution in [0.3, 0.4) is 0 Å².